The molecular formula is C23H22N2O3. The van der Waals surface area contributed by atoms with E-state index in [2.05, 4.69) is 17.1 Å². The second-order valence-electron chi connectivity index (χ2n) is 8.12. The van der Waals surface area contributed by atoms with Gasteiger partial charge in [-0.15, -0.1) is 5.23 Å². The smallest absolute Gasteiger partial charge is 0.227 e. The van der Waals surface area contributed by atoms with Crippen molar-refractivity contribution in [2.75, 3.05) is 5.23 Å². The van der Waals surface area contributed by atoms with Crippen molar-refractivity contribution < 1.29 is 14.1 Å². The number of para-hydroxylation sites is 2. The Labute approximate surface area is 163 Å². The van der Waals surface area contributed by atoms with E-state index in [1.165, 1.54) is 5.23 Å². The molecule has 2 heterocycles. The number of fused-ring (bicyclic) bond motifs is 2. The fourth-order valence-corrected chi connectivity index (χ4v) is 3.37. The first-order valence-corrected chi connectivity index (χ1v) is 9.42. The van der Waals surface area contributed by atoms with Crippen LogP contribution in [0.4, 0.5) is 5.69 Å². The van der Waals surface area contributed by atoms with Crippen molar-refractivity contribution in [1.82, 2.24) is 4.98 Å². The summed E-state index contributed by atoms with van der Waals surface area (Å²) in [6.45, 7) is 8.12. The van der Waals surface area contributed by atoms with Gasteiger partial charge in [0, 0.05) is 10.9 Å². The van der Waals surface area contributed by atoms with E-state index in [4.69, 9.17) is 14.1 Å². The number of anilines is 1. The highest BCUT2D eigenvalue weighted by atomic mass is 17.0. The Balaban J connectivity index is 1.66. The minimum Gasteiger partial charge on any atom is -0.436 e. The van der Waals surface area contributed by atoms with Gasteiger partial charge in [-0.1, -0.05) is 36.4 Å². The molecule has 4 aromatic rings. The third kappa shape index (κ3) is 2.51. The molecule has 5 heteroatoms. The second-order valence-corrected chi connectivity index (χ2v) is 8.12. The van der Waals surface area contributed by atoms with Crippen LogP contribution >= 0.6 is 0 Å². The van der Waals surface area contributed by atoms with Crippen molar-refractivity contribution in [2.45, 2.75) is 38.9 Å². The first-order valence-electron chi connectivity index (χ1n) is 9.42. The quantitative estimate of drug-likeness (QED) is 0.438. The third-order valence-electron chi connectivity index (χ3n) is 5.69. The molecule has 0 bridgehead atoms. The number of hydrogen-bond acceptors (Lipinski definition) is 5. The highest BCUT2D eigenvalue weighted by molar-refractivity contribution is 6.02. The molecule has 28 heavy (non-hydrogen) atoms. The molecule has 0 saturated carbocycles. The molecule has 0 atom stereocenters. The van der Waals surface area contributed by atoms with E-state index >= 15 is 0 Å². The predicted molar refractivity (Wildman–Crippen MR) is 110 cm³/mol. The molecule has 0 amide bonds. The van der Waals surface area contributed by atoms with Crippen molar-refractivity contribution in [2.24, 2.45) is 0 Å². The van der Waals surface area contributed by atoms with Crippen LogP contribution in [0.25, 0.3) is 33.3 Å². The average Bonchev–Trinajstić information content (AvgIpc) is 3.18. The summed E-state index contributed by atoms with van der Waals surface area (Å²) < 4.78 is 6.01. The third-order valence-corrected chi connectivity index (χ3v) is 5.69. The minimum absolute atomic E-state index is 0.451. The molecule has 0 N–H and O–H groups in total. The van der Waals surface area contributed by atoms with E-state index in [9.17, 15) is 0 Å². The van der Waals surface area contributed by atoms with E-state index in [0.29, 0.717) is 5.89 Å². The molecule has 1 aliphatic rings. The Bertz CT molecular complexity index is 1140. The summed E-state index contributed by atoms with van der Waals surface area (Å²) in [5.41, 5.74) is 2.52. The van der Waals surface area contributed by atoms with Crippen molar-refractivity contribution in [3.05, 3.63) is 60.7 Å². The minimum atomic E-state index is -0.451. The van der Waals surface area contributed by atoms with Gasteiger partial charge < -0.3 is 4.42 Å². The largest absolute Gasteiger partial charge is 0.436 e. The maximum atomic E-state index is 6.12. The number of nitrogens with zero attached hydrogens (tertiary/aromatic N) is 2. The van der Waals surface area contributed by atoms with E-state index in [-0.39, 0.29) is 0 Å². The number of benzene rings is 3. The molecule has 1 aromatic heterocycles. The molecule has 0 radical (unpaired) electrons. The van der Waals surface area contributed by atoms with Gasteiger partial charge in [-0.2, -0.15) is 0 Å². The van der Waals surface area contributed by atoms with Crippen LogP contribution in [0.1, 0.15) is 27.7 Å². The number of oxazole rings is 1. The first kappa shape index (κ1) is 17.2. The predicted octanol–water partition coefficient (Wildman–Crippen LogP) is 5.89. The molecule has 1 aliphatic heterocycles. The van der Waals surface area contributed by atoms with Gasteiger partial charge in [-0.3, -0.25) is 0 Å². The van der Waals surface area contributed by atoms with E-state index in [1.807, 2.05) is 76.2 Å². The normalized spacial score (nSPS) is 18.2. The lowest BCUT2D eigenvalue weighted by molar-refractivity contribution is -0.0266. The lowest BCUT2D eigenvalue weighted by Crippen LogP contribution is -2.41. The Morgan fingerprint density at radius 1 is 0.750 bits per heavy atom. The van der Waals surface area contributed by atoms with Gasteiger partial charge in [0.1, 0.15) is 22.4 Å². The van der Waals surface area contributed by atoms with Crippen molar-refractivity contribution in [3.8, 4) is 11.5 Å². The highest BCUT2D eigenvalue weighted by Gasteiger charge is 2.50. The summed E-state index contributed by atoms with van der Waals surface area (Å²) >= 11 is 0. The molecule has 0 aliphatic carbocycles. The monoisotopic (exact) mass is 374 g/mol. The average molecular weight is 374 g/mol. The van der Waals surface area contributed by atoms with Crippen LogP contribution in [0, 0.1) is 0 Å². The van der Waals surface area contributed by atoms with Gasteiger partial charge in [0.15, 0.2) is 5.58 Å². The molecule has 5 rings (SSSR count). The van der Waals surface area contributed by atoms with E-state index < -0.39 is 11.2 Å². The maximum Gasteiger partial charge on any atom is 0.227 e. The van der Waals surface area contributed by atoms with Crippen molar-refractivity contribution in [3.63, 3.8) is 0 Å². The topological polar surface area (TPSA) is 47.7 Å². The van der Waals surface area contributed by atoms with Crippen LogP contribution in [0.2, 0.25) is 0 Å². The number of rotatable bonds is 2. The van der Waals surface area contributed by atoms with Gasteiger partial charge in [-0.05, 0) is 57.3 Å². The van der Waals surface area contributed by atoms with Crippen molar-refractivity contribution in [1.29, 1.82) is 0 Å². The number of aromatic nitrogens is 1. The lowest BCUT2D eigenvalue weighted by Gasteiger charge is -2.26. The van der Waals surface area contributed by atoms with Crippen LogP contribution in [0.3, 0.4) is 0 Å². The summed E-state index contributed by atoms with van der Waals surface area (Å²) in [6.07, 6.45) is 0. The summed E-state index contributed by atoms with van der Waals surface area (Å²) in [4.78, 5) is 16.9. The molecule has 142 valence electrons. The fraction of sp³-hybridized carbons (Fsp3) is 0.261. The lowest BCUT2D eigenvalue weighted by atomic mass is 9.90. The van der Waals surface area contributed by atoms with Crippen LogP contribution in [-0.4, -0.2) is 16.2 Å². The summed E-state index contributed by atoms with van der Waals surface area (Å²) in [5, 5.41) is 3.58. The first-order chi connectivity index (χ1) is 13.4. The fourth-order valence-electron chi connectivity index (χ4n) is 3.37. The van der Waals surface area contributed by atoms with E-state index in [1.54, 1.807) is 0 Å². The highest BCUT2D eigenvalue weighted by Crippen LogP contribution is 2.43. The Morgan fingerprint density at radius 2 is 1.39 bits per heavy atom. The molecule has 1 saturated heterocycles. The zero-order chi connectivity index (χ0) is 19.5. The van der Waals surface area contributed by atoms with E-state index in [0.717, 1.165) is 33.1 Å². The van der Waals surface area contributed by atoms with Gasteiger partial charge in [0.05, 0.1) is 0 Å². The van der Waals surface area contributed by atoms with Gasteiger partial charge in [0.2, 0.25) is 5.89 Å². The van der Waals surface area contributed by atoms with Crippen molar-refractivity contribution >= 4 is 27.6 Å². The second kappa shape index (κ2) is 5.80. The zero-order valence-corrected chi connectivity index (χ0v) is 16.4. The Hall–Kier alpha value is -2.89. The molecule has 0 unspecified atom stereocenters. The molecular weight excluding hydrogens is 352 g/mol. The van der Waals surface area contributed by atoms with Crippen LogP contribution in [0.15, 0.2) is 65.1 Å². The standard InChI is InChI=1S/C23H22N2O3/c1-22(2)23(3,4)28-25(27-22)19-14-13-17(15-9-5-6-10-16(15)19)21-24-18-11-7-8-12-20(18)26-21/h5-14H,1-4H3. The van der Waals surface area contributed by atoms with Gasteiger partial charge in [0.25, 0.3) is 0 Å². The summed E-state index contributed by atoms with van der Waals surface area (Å²) in [6, 6.07) is 19.9. The zero-order valence-electron chi connectivity index (χ0n) is 16.4. The molecule has 5 nitrogen and oxygen atoms in total. The SMILES string of the molecule is CC1(C)ON(c2ccc(-c3nc4ccccc4o3)c3ccccc23)OC1(C)C. The Kier molecular flexibility index (Phi) is 3.57. The molecule has 3 aromatic carbocycles. The van der Waals surface area contributed by atoms with Gasteiger partial charge >= 0.3 is 0 Å². The van der Waals surface area contributed by atoms with Gasteiger partial charge in [-0.25, -0.2) is 14.7 Å². The Morgan fingerprint density at radius 3 is 2.11 bits per heavy atom. The summed E-state index contributed by atoms with van der Waals surface area (Å²) in [5.74, 6) is 0.605. The summed E-state index contributed by atoms with van der Waals surface area (Å²) in [7, 11) is 0. The van der Waals surface area contributed by atoms with Crippen LogP contribution in [-0.2, 0) is 9.68 Å². The van der Waals surface area contributed by atoms with Crippen LogP contribution in [0.5, 0.6) is 0 Å². The van der Waals surface area contributed by atoms with Crippen LogP contribution < -0.4 is 5.23 Å². The number of hydrogen-bond donors (Lipinski definition) is 0. The maximum absolute atomic E-state index is 6.12. The molecule has 1 fully saturated rings. The molecule has 0 spiro atoms.